The maximum absolute atomic E-state index is 10.7. The van der Waals surface area contributed by atoms with Gasteiger partial charge in [0.1, 0.15) is 0 Å². The van der Waals surface area contributed by atoms with Crippen molar-refractivity contribution in [2.45, 2.75) is 11.8 Å². The number of rotatable bonds is 3. The Kier molecular flexibility index (Phi) is 3.97. The standard InChI is InChI=1S/C8H7NO3S2/c1-6(10)13-14-8-5-3-2-4-7(8)9(11)12/h2-5H,1H3. The van der Waals surface area contributed by atoms with Gasteiger partial charge < -0.3 is 0 Å². The summed E-state index contributed by atoms with van der Waals surface area (Å²) >= 11 is 0. The molecular weight excluding hydrogens is 222 g/mol. The molecule has 1 aromatic rings. The second kappa shape index (κ2) is 5.02. The quantitative estimate of drug-likeness (QED) is 0.453. The molecule has 0 aliphatic carbocycles. The highest BCUT2D eigenvalue weighted by Crippen LogP contribution is 2.37. The van der Waals surface area contributed by atoms with Gasteiger partial charge in [0.2, 0.25) is 0 Å². The lowest BCUT2D eigenvalue weighted by molar-refractivity contribution is -0.387. The van der Waals surface area contributed by atoms with E-state index in [0.29, 0.717) is 4.90 Å². The molecule has 0 saturated carbocycles. The number of carbonyl (C=O) groups excluding carboxylic acids is 1. The number of para-hydroxylation sites is 1. The fourth-order valence-corrected chi connectivity index (χ4v) is 2.40. The first-order valence-electron chi connectivity index (χ1n) is 3.70. The summed E-state index contributed by atoms with van der Waals surface area (Å²) < 4.78 is 0. The van der Waals surface area contributed by atoms with Gasteiger partial charge in [-0.3, -0.25) is 14.9 Å². The fraction of sp³-hybridized carbons (Fsp3) is 0.125. The molecule has 0 heterocycles. The third-order valence-electron chi connectivity index (χ3n) is 1.31. The third kappa shape index (κ3) is 3.04. The highest BCUT2D eigenvalue weighted by atomic mass is 33.1. The van der Waals surface area contributed by atoms with Gasteiger partial charge in [0.25, 0.3) is 5.69 Å². The molecule has 74 valence electrons. The van der Waals surface area contributed by atoms with Crippen LogP contribution in [0.2, 0.25) is 0 Å². The van der Waals surface area contributed by atoms with E-state index in [1.807, 2.05) is 0 Å². The second-order valence-corrected chi connectivity index (χ2v) is 4.73. The van der Waals surface area contributed by atoms with Crippen LogP contribution in [0.3, 0.4) is 0 Å². The Morgan fingerprint density at radius 3 is 2.64 bits per heavy atom. The molecule has 0 amide bonds. The van der Waals surface area contributed by atoms with E-state index in [-0.39, 0.29) is 10.8 Å². The summed E-state index contributed by atoms with van der Waals surface area (Å²) in [6.07, 6.45) is 0. The first kappa shape index (κ1) is 11.1. The van der Waals surface area contributed by atoms with Crippen LogP contribution in [0.5, 0.6) is 0 Å². The monoisotopic (exact) mass is 229 g/mol. The molecule has 0 spiro atoms. The Bertz CT molecular complexity index is 367. The summed E-state index contributed by atoms with van der Waals surface area (Å²) in [5.41, 5.74) is 0.0336. The van der Waals surface area contributed by atoms with E-state index in [2.05, 4.69) is 0 Å². The van der Waals surface area contributed by atoms with E-state index in [1.54, 1.807) is 18.2 Å². The van der Waals surface area contributed by atoms with Crippen LogP contribution >= 0.6 is 21.6 Å². The smallest absolute Gasteiger partial charge is 0.283 e. The van der Waals surface area contributed by atoms with Crippen LogP contribution < -0.4 is 0 Å². The molecule has 0 radical (unpaired) electrons. The number of nitro benzene ring substituents is 1. The normalized spacial score (nSPS) is 9.79. The van der Waals surface area contributed by atoms with Crippen molar-refractivity contribution in [3.05, 3.63) is 34.4 Å². The SMILES string of the molecule is CC(=O)SSc1ccccc1[N+](=O)[O-]. The molecule has 6 heteroatoms. The minimum Gasteiger partial charge on any atom is -0.287 e. The number of hydrogen-bond donors (Lipinski definition) is 0. The zero-order valence-corrected chi connectivity index (χ0v) is 8.93. The molecule has 0 saturated heterocycles. The average Bonchev–Trinajstić information content (AvgIpc) is 2.15. The summed E-state index contributed by atoms with van der Waals surface area (Å²) in [6, 6.07) is 6.35. The van der Waals surface area contributed by atoms with E-state index in [0.717, 1.165) is 21.6 Å². The largest absolute Gasteiger partial charge is 0.287 e. The molecule has 1 aromatic carbocycles. The summed E-state index contributed by atoms with van der Waals surface area (Å²) in [6.45, 7) is 1.42. The number of nitrogens with zero attached hydrogens (tertiary/aromatic N) is 1. The summed E-state index contributed by atoms with van der Waals surface area (Å²) in [5.74, 6) is 0. The van der Waals surface area contributed by atoms with Gasteiger partial charge >= 0.3 is 0 Å². The van der Waals surface area contributed by atoms with Gasteiger partial charge in [-0.2, -0.15) is 0 Å². The number of carbonyl (C=O) groups is 1. The van der Waals surface area contributed by atoms with E-state index < -0.39 is 4.92 Å². The minimum atomic E-state index is -0.455. The van der Waals surface area contributed by atoms with Gasteiger partial charge in [0.05, 0.1) is 9.82 Å². The molecule has 0 aliphatic heterocycles. The third-order valence-corrected chi connectivity index (χ3v) is 3.65. The lowest BCUT2D eigenvalue weighted by Crippen LogP contribution is -1.89. The first-order chi connectivity index (χ1) is 6.61. The predicted octanol–water partition coefficient (Wildman–Crippen LogP) is 2.88. The molecule has 14 heavy (non-hydrogen) atoms. The van der Waals surface area contributed by atoms with Crippen molar-refractivity contribution in [1.29, 1.82) is 0 Å². The summed E-state index contributed by atoms with van der Waals surface area (Å²) in [7, 11) is 2.10. The first-order valence-corrected chi connectivity index (χ1v) is 5.84. The second-order valence-electron chi connectivity index (χ2n) is 2.38. The topological polar surface area (TPSA) is 60.2 Å². The molecule has 0 atom stereocenters. The van der Waals surface area contributed by atoms with Crippen molar-refractivity contribution in [3.8, 4) is 0 Å². The van der Waals surface area contributed by atoms with Gasteiger partial charge in [-0.15, -0.1) is 0 Å². The van der Waals surface area contributed by atoms with Crippen LogP contribution in [0.4, 0.5) is 5.69 Å². The van der Waals surface area contributed by atoms with Crippen LogP contribution in [0.15, 0.2) is 29.2 Å². The Labute approximate surface area is 88.6 Å². The maximum atomic E-state index is 10.7. The molecule has 0 N–H and O–H groups in total. The van der Waals surface area contributed by atoms with Crippen molar-refractivity contribution in [2.24, 2.45) is 0 Å². The molecule has 0 unspecified atom stereocenters. The zero-order valence-electron chi connectivity index (χ0n) is 7.30. The number of hydrogen-bond acceptors (Lipinski definition) is 5. The molecule has 0 aromatic heterocycles. The van der Waals surface area contributed by atoms with Crippen LogP contribution in [0.1, 0.15) is 6.92 Å². The lowest BCUT2D eigenvalue weighted by Gasteiger charge is -1.98. The summed E-state index contributed by atoms with van der Waals surface area (Å²) in [4.78, 5) is 21.3. The van der Waals surface area contributed by atoms with Crippen LogP contribution in [-0.4, -0.2) is 10.0 Å². The predicted molar refractivity (Wildman–Crippen MR) is 57.2 cm³/mol. The Hall–Kier alpha value is -1.01. The van der Waals surface area contributed by atoms with Gasteiger partial charge in [0, 0.05) is 13.0 Å². The maximum Gasteiger partial charge on any atom is 0.283 e. The summed E-state index contributed by atoms with van der Waals surface area (Å²) in [5, 5.41) is 10.5. The Balaban J connectivity index is 2.84. The zero-order chi connectivity index (χ0) is 10.6. The fourth-order valence-electron chi connectivity index (χ4n) is 0.782. The number of nitro groups is 1. The van der Waals surface area contributed by atoms with Crippen molar-refractivity contribution in [2.75, 3.05) is 0 Å². The highest BCUT2D eigenvalue weighted by molar-refractivity contribution is 8.82. The van der Waals surface area contributed by atoms with Gasteiger partial charge in [-0.05, 0) is 27.7 Å². The van der Waals surface area contributed by atoms with E-state index in [1.165, 1.54) is 13.0 Å². The van der Waals surface area contributed by atoms with Gasteiger partial charge in [0.15, 0.2) is 5.12 Å². The highest BCUT2D eigenvalue weighted by Gasteiger charge is 2.13. The number of benzene rings is 1. The van der Waals surface area contributed by atoms with Crippen molar-refractivity contribution in [1.82, 2.24) is 0 Å². The van der Waals surface area contributed by atoms with E-state index in [9.17, 15) is 14.9 Å². The van der Waals surface area contributed by atoms with Gasteiger partial charge in [-0.1, -0.05) is 12.1 Å². The van der Waals surface area contributed by atoms with Crippen molar-refractivity contribution in [3.63, 3.8) is 0 Å². The van der Waals surface area contributed by atoms with Gasteiger partial charge in [-0.25, -0.2) is 0 Å². The van der Waals surface area contributed by atoms with Crippen molar-refractivity contribution < 1.29 is 9.72 Å². The molecular formula is C8H7NO3S2. The molecule has 0 bridgehead atoms. The molecule has 0 fully saturated rings. The Morgan fingerprint density at radius 1 is 1.43 bits per heavy atom. The van der Waals surface area contributed by atoms with E-state index in [4.69, 9.17) is 0 Å². The van der Waals surface area contributed by atoms with Crippen LogP contribution in [-0.2, 0) is 4.79 Å². The van der Waals surface area contributed by atoms with Crippen LogP contribution in [0, 0.1) is 10.1 Å². The Morgan fingerprint density at radius 2 is 2.07 bits per heavy atom. The van der Waals surface area contributed by atoms with Crippen LogP contribution in [0.25, 0.3) is 0 Å². The lowest BCUT2D eigenvalue weighted by atomic mass is 10.3. The van der Waals surface area contributed by atoms with E-state index >= 15 is 0 Å². The minimum absolute atomic E-state index is 0.0336. The molecule has 4 nitrogen and oxygen atoms in total. The van der Waals surface area contributed by atoms with Crippen molar-refractivity contribution >= 4 is 32.4 Å². The average molecular weight is 229 g/mol. The molecule has 0 aliphatic rings. The molecule has 1 rings (SSSR count).